The maximum Gasteiger partial charge on any atom is 0.320 e. The maximum atomic E-state index is 12.1. The Balaban J connectivity index is 1.92. The van der Waals surface area contributed by atoms with Gasteiger partial charge in [-0.2, -0.15) is 4.98 Å². The first kappa shape index (κ1) is 17.0. The second-order valence-electron chi connectivity index (χ2n) is 6.37. The van der Waals surface area contributed by atoms with Crippen LogP contribution in [0.3, 0.4) is 0 Å². The van der Waals surface area contributed by atoms with Crippen LogP contribution >= 0.6 is 0 Å². The summed E-state index contributed by atoms with van der Waals surface area (Å²) in [5, 5.41) is 14.6. The van der Waals surface area contributed by atoms with E-state index in [-0.39, 0.29) is 29.3 Å². The molecule has 1 heterocycles. The monoisotopic (exact) mass is 322 g/mol. The van der Waals surface area contributed by atoms with Crippen LogP contribution in [0, 0.1) is 17.3 Å². The van der Waals surface area contributed by atoms with Crippen molar-refractivity contribution < 1.29 is 19.4 Å². The van der Waals surface area contributed by atoms with Gasteiger partial charge in [0.05, 0.1) is 13.0 Å². The van der Waals surface area contributed by atoms with Gasteiger partial charge < -0.3 is 15.2 Å². The lowest BCUT2D eigenvalue weighted by Gasteiger charge is -2.52. The molecule has 0 radical (unpaired) electrons. The van der Waals surface area contributed by atoms with Crippen molar-refractivity contribution in [2.75, 3.05) is 12.4 Å². The van der Waals surface area contributed by atoms with Crippen LogP contribution in [0.1, 0.15) is 27.2 Å². The number of nitrogens with zero attached hydrogens (tertiary/aromatic N) is 2. The fourth-order valence-electron chi connectivity index (χ4n) is 3.20. The number of carbonyl (C=O) groups excluding carboxylic acids is 1. The number of rotatable bonds is 5. The number of aliphatic carboxylic acids is 1. The van der Waals surface area contributed by atoms with Gasteiger partial charge in [0, 0.05) is 12.2 Å². The predicted molar refractivity (Wildman–Crippen MR) is 83.2 cm³/mol. The lowest BCUT2D eigenvalue weighted by molar-refractivity contribution is -0.160. The van der Waals surface area contributed by atoms with E-state index in [9.17, 15) is 9.59 Å². The number of carbonyl (C=O) groups is 2. The second kappa shape index (κ2) is 6.39. The molecular formula is C15H22N4O4. The van der Waals surface area contributed by atoms with Gasteiger partial charge in [0.1, 0.15) is 5.82 Å². The third-order valence-corrected chi connectivity index (χ3v) is 4.66. The van der Waals surface area contributed by atoms with Crippen LogP contribution in [-0.4, -0.2) is 40.2 Å². The minimum absolute atomic E-state index is 0.106. The van der Waals surface area contributed by atoms with Crippen LogP contribution in [-0.2, 0) is 4.79 Å². The zero-order valence-electron chi connectivity index (χ0n) is 13.7. The first-order chi connectivity index (χ1) is 10.8. The van der Waals surface area contributed by atoms with E-state index in [1.165, 1.54) is 13.3 Å². The Morgan fingerprint density at radius 3 is 2.74 bits per heavy atom. The topological polar surface area (TPSA) is 113 Å². The molecule has 0 saturated heterocycles. The number of hydrogen-bond donors (Lipinski definition) is 3. The highest BCUT2D eigenvalue weighted by molar-refractivity contribution is 5.88. The van der Waals surface area contributed by atoms with E-state index in [0.717, 1.165) is 0 Å². The number of carboxylic acids is 1. The zero-order chi connectivity index (χ0) is 17.2. The van der Waals surface area contributed by atoms with Gasteiger partial charge in [0.15, 0.2) is 0 Å². The lowest BCUT2D eigenvalue weighted by atomic mass is 9.53. The quantitative estimate of drug-likeness (QED) is 0.761. The Kier molecular flexibility index (Phi) is 4.72. The summed E-state index contributed by atoms with van der Waals surface area (Å²) in [6.07, 6.45) is 2.04. The highest BCUT2D eigenvalue weighted by Gasteiger charge is 2.53. The van der Waals surface area contributed by atoms with Gasteiger partial charge in [-0.1, -0.05) is 13.8 Å². The minimum atomic E-state index is -0.781. The molecule has 23 heavy (non-hydrogen) atoms. The van der Waals surface area contributed by atoms with E-state index in [0.29, 0.717) is 12.2 Å². The van der Waals surface area contributed by atoms with Gasteiger partial charge >= 0.3 is 18.0 Å². The van der Waals surface area contributed by atoms with Crippen molar-refractivity contribution >= 4 is 17.8 Å². The molecule has 8 heteroatoms. The zero-order valence-corrected chi connectivity index (χ0v) is 13.7. The Morgan fingerprint density at radius 1 is 1.48 bits per heavy atom. The third-order valence-electron chi connectivity index (χ3n) is 4.66. The molecule has 126 valence electrons. The highest BCUT2D eigenvalue weighted by atomic mass is 16.5. The largest absolute Gasteiger partial charge is 0.481 e. The normalized spacial score (nSPS) is 23.3. The molecular weight excluding hydrogens is 300 g/mol. The third kappa shape index (κ3) is 3.52. The standard InChI is InChI=1S/C15H22N4O4/c1-8(9-7-10(12(20)21)15(9,2)3)17-13(22)18-11-5-6-16-14(19-11)23-4/h5-6,8-10H,7H2,1-4H3,(H,20,21)(H2,16,17,18,19,22)/t8?,9-,10+/m0/s1. The van der Waals surface area contributed by atoms with Crippen molar-refractivity contribution in [2.45, 2.75) is 33.2 Å². The Hall–Kier alpha value is -2.38. The van der Waals surface area contributed by atoms with Crippen LogP contribution in [0.5, 0.6) is 6.01 Å². The number of carboxylic acid groups (broad SMARTS) is 1. The number of aromatic nitrogens is 2. The van der Waals surface area contributed by atoms with E-state index >= 15 is 0 Å². The highest BCUT2D eigenvalue weighted by Crippen LogP contribution is 2.52. The summed E-state index contributed by atoms with van der Waals surface area (Å²) < 4.78 is 4.89. The van der Waals surface area contributed by atoms with Crippen LogP contribution < -0.4 is 15.4 Å². The van der Waals surface area contributed by atoms with Crippen molar-refractivity contribution in [3.8, 4) is 6.01 Å². The summed E-state index contributed by atoms with van der Waals surface area (Å²) in [7, 11) is 1.44. The van der Waals surface area contributed by atoms with Crippen molar-refractivity contribution in [3.05, 3.63) is 12.3 Å². The summed E-state index contributed by atoms with van der Waals surface area (Å²) >= 11 is 0. The molecule has 2 rings (SSSR count). The van der Waals surface area contributed by atoms with Gasteiger partial charge in [-0.05, 0) is 30.7 Å². The van der Waals surface area contributed by atoms with Crippen molar-refractivity contribution in [1.29, 1.82) is 0 Å². The van der Waals surface area contributed by atoms with Crippen molar-refractivity contribution in [1.82, 2.24) is 15.3 Å². The van der Waals surface area contributed by atoms with Gasteiger partial charge in [-0.25, -0.2) is 9.78 Å². The van der Waals surface area contributed by atoms with E-state index in [4.69, 9.17) is 9.84 Å². The second-order valence-corrected chi connectivity index (χ2v) is 6.37. The maximum absolute atomic E-state index is 12.1. The number of urea groups is 1. The average molecular weight is 322 g/mol. The molecule has 1 aliphatic rings. The molecule has 0 aliphatic heterocycles. The van der Waals surface area contributed by atoms with Crippen molar-refractivity contribution in [3.63, 3.8) is 0 Å². The Labute approximate surface area is 134 Å². The summed E-state index contributed by atoms with van der Waals surface area (Å²) in [6, 6.07) is 1.18. The molecule has 1 aliphatic carbocycles. The number of hydrogen-bond acceptors (Lipinski definition) is 5. The molecule has 0 aromatic carbocycles. The Morgan fingerprint density at radius 2 is 2.17 bits per heavy atom. The van der Waals surface area contributed by atoms with Gasteiger partial charge in [0.2, 0.25) is 0 Å². The summed E-state index contributed by atoms with van der Waals surface area (Å²) in [6.45, 7) is 5.72. The predicted octanol–water partition coefficient (Wildman–Crippen LogP) is 1.74. The van der Waals surface area contributed by atoms with Crippen LogP contribution in [0.4, 0.5) is 10.6 Å². The number of amides is 2. The van der Waals surface area contributed by atoms with Crippen LogP contribution in [0.25, 0.3) is 0 Å². The van der Waals surface area contributed by atoms with Crippen LogP contribution in [0.2, 0.25) is 0 Å². The van der Waals surface area contributed by atoms with Gasteiger partial charge in [-0.15, -0.1) is 0 Å². The minimum Gasteiger partial charge on any atom is -0.481 e. The van der Waals surface area contributed by atoms with Crippen molar-refractivity contribution in [2.24, 2.45) is 17.3 Å². The fourth-order valence-corrected chi connectivity index (χ4v) is 3.20. The number of anilines is 1. The first-order valence-electron chi connectivity index (χ1n) is 7.43. The van der Waals surface area contributed by atoms with E-state index < -0.39 is 12.0 Å². The van der Waals surface area contributed by atoms with E-state index in [1.54, 1.807) is 6.07 Å². The number of methoxy groups -OCH3 is 1. The number of nitrogens with one attached hydrogen (secondary N) is 2. The van der Waals surface area contributed by atoms with Gasteiger partial charge in [-0.3, -0.25) is 10.1 Å². The average Bonchev–Trinajstić information content (AvgIpc) is 2.45. The molecule has 2 amide bonds. The molecule has 1 fully saturated rings. The smallest absolute Gasteiger partial charge is 0.320 e. The van der Waals surface area contributed by atoms with Gasteiger partial charge in [0.25, 0.3) is 0 Å². The molecule has 3 atom stereocenters. The summed E-state index contributed by atoms with van der Waals surface area (Å²) in [5.74, 6) is -0.714. The van der Waals surface area contributed by atoms with Crippen LogP contribution in [0.15, 0.2) is 12.3 Å². The van der Waals surface area contributed by atoms with E-state index in [1.807, 2.05) is 20.8 Å². The number of ether oxygens (including phenoxy) is 1. The molecule has 1 unspecified atom stereocenters. The first-order valence-corrected chi connectivity index (χ1v) is 7.43. The lowest BCUT2D eigenvalue weighted by Crippen LogP contribution is -2.57. The molecule has 0 bridgehead atoms. The summed E-state index contributed by atoms with van der Waals surface area (Å²) in [4.78, 5) is 31.1. The molecule has 0 spiro atoms. The fraction of sp³-hybridized carbons (Fsp3) is 0.600. The molecule has 1 aromatic rings. The molecule has 8 nitrogen and oxygen atoms in total. The SMILES string of the molecule is COc1nccc(NC(=O)NC(C)[C@@H]2C[C@H](C(=O)O)C2(C)C)n1. The molecule has 1 aromatic heterocycles. The molecule has 1 saturated carbocycles. The molecule has 3 N–H and O–H groups in total. The Bertz CT molecular complexity index is 605. The summed E-state index contributed by atoms with van der Waals surface area (Å²) in [5.41, 5.74) is -0.351. The van der Waals surface area contributed by atoms with E-state index in [2.05, 4.69) is 20.6 Å².